The molecule has 0 aromatic heterocycles. The molecule has 1 atom stereocenters. The fraction of sp³-hybridized carbons (Fsp3) is 0.727. The van der Waals surface area contributed by atoms with Gasteiger partial charge in [-0.3, -0.25) is 0 Å². The van der Waals surface area contributed by atoms with Crippen molar-refractivity contribution in [2.24, 2.45) is 16.7 Å². The van der Waals surface area contributed by atoms with Crippen molar-refractivity contribution in [3.8, 4) is 0 Å². The molecule has 0 heterocycles. The SMILES string of the molecule is CC(C)(C)C1CCC(F)(F)CC1.CC(c1ccccc1)C(C)(C)C. The van der Waals surface area contributed by atoms with Gasteiger partial charge in [-0.1, -0.05) is 78.8 Å². The molecule has 2 rings (SSSR count). The summed E-state index contributed by atoms with van der Waals surface area (Å²) < 4.78 is 25.5. The lowest BCUT2D eigenvalue weighted by molar-refractivity contribution is -0.0582. The lowest BCUT2D eigenvalue weighted by Crippen LogP contribution is -2.31. The second kappa shape index (κ2) is 7.97. The van der Waals surface area contributed by atoms with Crippen molar-refractivity contribution in [3.05, 3.63) is 35.9 Å². The van der Waals surface area contributed by atoms with E-state index in [1.165, 1.54) is 5.56 Å². The molecule has 0 saturated heterocycles. The smallest absolute Gasteiger partial charge is 0.207 e. The second-order valence-electron chi connectivity index (χ2n) is 9.49. The van der Waals surface area contributed by atoms with Crippen molar-refractivity contribution in [2.75, 3.05) is 0 Å². The largest absolute Gasteiger partial charge is 0.248 e. The van der Waals surface area contributed by atoms with E-state index in [9.17, 15) is 8.78 Å². The van der Waals surface area contributed by atoms with Crippen molar-refractivity contribution < 1.29 is 8.78 Å². The average molecular weight is 339 g/mol. The zero-order valence-electron chi connectivity index (χ0n) is 16.6. The molecule has 0 aliphatic heterocycles. The Balaban J connectivity index is 0.000000240. The molecule has 0 nitrogen and oxygen atoms in total. The molecular weight excluding hydrogens is 302 g/mol. The molecule has 1 fully saturated rings. The molecule has 2 heteroatoms. The van der Waals surface area contributed by atoms with Crippen LogP contribution >= 0.6 is 0 Å². The summed E-state index contributed by atoms with van der Waals surface area (Å²) in [5.74, 6) is -1.27. The Hall–Kier alpha value is -0.920. The highest BCUT2D eigenvalue weighted by molar-refractivity contribution is 5.20. The number of alkyl halides is 2. The summed E-state index contributed by atoms with van der Waals surface area (Å²) in [4.78, 5) is 0. The first-order valence-electron chi connectivity index (χ1n) is 9.26. The summed E-state index contributed by atoms with van der Waals surface area (Å²) >= 11 is 0. The number of hydrogen-bond acceptors (Lipinski definition) is 0. The van der Waals surface area contributed by atoms with Crippen molar-refractivity contribution in [1.82, 2.24) is 0 Å². The fourth-order valence-corrected chi connectivity index (χ4v) is 3.15. The summed E-state index contributed by atoms with van der Waals surface area (Å²) in [6.07, 6.45) is 1.57. The first kappa shape index (κ1) is 21.1. The van der Waals surface area contributed by atoms with Gasteiger partial charge in [-0.2, -0.15) is 0 Å². The predicted molar refractivity (Wildman–Crippen MR) is 101 cm³/mol. The molecule has 24 heavy (non-hydrogen) atoms. The molecule has 0 bridgehead atoms. The van der Waals surface area contributed by atoms with Gasteiger partial charge in [-0.25, -0.2) is 8.78 Å². The fourth-order valence-electron chi connectivity index (χ4n) is 3.15. The van der Waals surface area contributed by atoms with Crippen LogP contribution in [-0.2, 0) is 0 Å². The van der Waals surface area contributed by atoms with E-state index in [4.69, 9.17) is 0 Å². The molecule has 0 spiro atoms. The molecular formula is C22H36F2. The monoisotopic (exact) mass is 338 g/mol. The van der Waals surface area contributed by atoms with Crippen molar-refractivity contribution in [3.63, 3.8) is 0 Å². The van der Waals surface area contributed by atoms with Gasteiger partial charge in [0.05, 0.1) is 0 Å². The van der Waals surface area contributed by atoms with Crippen LogP contribution in [0.2, 0.25) is 0 Å². The summed E-state index contributed by atoms with van der Waals surface area (Å²) in [6, 6.07) is 10.7. The first-order chi connectivity index (χ1) is 10.8. The molecule has 0 amide bonds. The van der Waals surface area contributed by atoms with Gasteiger partial charge >= 0.3 is 0 Å². The van der Waals surface area contributed by atoms with E-state index in [1.54, 1.807) is 0 Å². The van der Waals surface area contributed by atoms with Gasteiger partial charge in [0.2, 0.25) is 5.92 Å². The molecule has 138 valence electrons. The zero-order valence-corrected chi connectivity index (χ0v) is 16.6. The first-order valence-corrected chi connectivity index (χ1v) is 9.26. The number of rotatable bonds is 1. The summed E-state index contributed by atoms with van der Waals surface area (Å²) in [6.45, 7) is 15.6. The molecule has 1 unspecified atom stereocenters. The molecule has 1 aromatic carbocycles. The van der Waals surface area contributed by atoms with Gasteiger partial charge < -0.3 is 0 Å². The normalized spacial score (nSPS) is 20.0. The maximum Gasteiger partial charge on any atom is 0.248 e. The summed E-state index contributed by atoms with van der Waals surface area (Å²) in [5.41, 5.74) is 2.00. The molecule has 1 aromatic rings. The molecule has 0 N–H and O–H groups in total. The number of halogens is 2. The maximum absolute atomic E-state index is 12.8. The third-order valence-corrected chi connectivity index (χ3v) is 5.54. The highest BCUT2D eigenvalue weighted by Gasteiger charge is 2.38. The van der Waals surface area contributed by atoms with Crippen molar-refractivity contribution in [1.29, 1.82) is 0 Å². The van der Waals surface area contributed by atoms with Crippen LogP contribution < -0.4 is 0 Å². The van der Waals surface area contributed by atoms with E-state index in [-0.39, 0.29) is 18.3 Å². The zero-order chi connectivity index (χ0) is 18.6. The van der Waals surface area contributed by atoms with Gasteiger partial charge in [0.25, 0.3) is 0 Å². The van der Waals surface area contributed by atoms with E-state index in [0.29, 0.717) is 30.1 Å². The summed E-state index contributed by atoms with van der Waals surface area (Å²) in [5, 5.41) is 0. The van der Waals surface area contributed by atoms with Crippen LogP contribution in [0, 0.1) is 16.7 Å². The topological polar surface area (TPSA) is 0 Å². The Morgan fingerprint density at radius 1 is 0.917 bits per heavy atom. The Bertz CT molecular complexity index is 467. The Labute approximate surface area is 148 Å². The number of benzene rings is 1. The van der Waals surface area contributed by atoms with Crippen LogP contribution in [-0.4, -0.2) is 5.92 Å². The quantitative estimate of drug-likeness (QED) is 0.492. The van der Waals surface area contributed by atoms with Crippen molar-refractivity contribution in [2.45, 2.75) is 86.0 Å². The molecule has 1 saturated carbocycles. The molecule has 1 aliphatic carbocycles. The van der Waals surface area contributed by atoms with Gasteiger partial charge in [0.15, 0.2) is 0 Å². The predicted octanol–water partition coefficient (Wildman–Crippen LogP) is 7.69. The second-order valence-corrected chi connectivity index (χ2v) is 9.49. The minimum absolute atomic E-state index is 0.0922. The number of hydrogen-bond donors (Lipinski definition) is 0. The van der Waals surface area contributed by atoms with Crippen LogP contribution in [0.25, 0.3) is 0 Å². The van der Waals surface area contributed by atoms with E-state index in [0.717, 1.165) is 0 Å². The van der Waals surface area contributed by atoms with Gasteiger partial charge in [-0.15, -0.1) is 0 Å². The Morgan fingerprint density at radius 2 is 1.38 bits per heavy atom. The molecule has 0 radical (unpaired) electrons. The van der Waals surface area contributed by atoms with Crippen LogP contribution in [0.4, 0.5) is 8.78 Å². The highest BCUT2D eigenvalue weighted by Crippen LogP contribution is 2.43. The van der Waals surface area contributed by atoms with E-state index in [1.807, 2.05) is 0 Å². The minimum Gasteiger partial charge on any atom is -0.207 e. The maximum atomic E-state index is 12.8. The van der Waals surface area contributed by atoms with Gasteiger partial charge in [-0.05, 0) is 41.1 Å². The van der Waals surface area contributed by atoms with Crippen molar-refractivity contribution >= 4 is 0 Å². The van der Waals surface area contributed by atoms with Gasteiger partial charge in [0.1, 0.15) is 0 Å². The average Bonchev–Trinajstić information content (AvgIpc) is 2.45. The third kappa shape index (κ3) is 6.91. The van der Waals surface area contributed by atoms with Crippen LogP contribution in [0.3, 0.4) is 0 Å². The highest BCUT2D eigenvalue weighted by atomic mass is 19.3. The van der Waals surface area contributed by atoms with E-state index >= 15 is 0 Å². The summed E-state index contributed by atoms with van der Waals surface area (Å²) in [7, 11) is 0. The minimum atomic E-state index is -2.37. The van der Waals surface area contributed by atoms with Crippen LogP contribution in [0.15, 0.2) is 30.3 Å². The molecule has 1 aliphatic rings. The van der Waals surface area contributed by atoms with E-state index in [2.05, 4.69) is 78.8 Å². The Kier molecular flexibility index (Phi) is 7.02. The van der Waals surface area contributed by atoms with Crippen LogP contribution in [0.5, 0.6) is 0 Å². The van der Waals surface area contributed by atoms with Crippen LogP contribution in [0.1, 0.15) is 85.6 Å². The van der Waals surface area contributed by atoms with Gasteiger partial charge in [0, 0.05) is 12.8 Å². The third-order valence-electron chi connectivity index (χ3n) is 5.54. The van der Waals surface area contributed by atoms with E-state index < -0.39 is 5.92 Å². The Morgan fingerprint density at radius 3 is 1.75 bits per heavy atom. The lowest BCUT2D eigenvalue weighted by atomic mass is 9.71. The lowest BCUT2D eigenvalue weighted by Gasteiger charge is -2.36. The standard InChI is InChI=1S/C12H18.C10H18F2/c1-10(12(2,3)4)11-8-6-5-7-9-11;1-9(2,3)8-4-6-10(11,12)7-5-8/h5-10H,1-4H3;8H,4-7H2,1-3H3.